The van der Waals surface area contributed by atoms with E-state index in [2.05, 4.69) is 6.58 Å². The lowest BCUT2D eigenvalue weighted by Gasteiger charge is -2.21. The van der Waals surface area contributed by atoms with E-state index in [4.69, 9.17) is 4.74 Å². The molecule has 0 spiro atoms. The molecule has 0 N–H and O–H groups in total. The Hall–Kier alpha value is -0.970. The smallest absolute Gasteiger partial charge is 0.281 e. The molecule has 0 aliphatic carbocycles. The number of carbonyl (C=O) groups excluding carboxylic acids is 1. The molecule has 3 nitrogen and oxygen atoms in total. The Labute approximate surface area is 128 Å². The van der Waals surface area contributed by atoms with Crippen LogP contribution in [0.5, 0.6) is 0 Å². The lowest BCUT2D eigenvalue weighted by Crippen LogP contribution is -2.25. The third kappa shape index (κ3) is 4.25. The first kappa shape index (κ1) is 16.4. The summed E-state index contributed by atoms with van der Waals surface area (Å²) in [4.78, 5) is 13.5. The van der Waals surface area contributed by atoms with Gasteiger partial charge in [-0.25, -0.2) is 0 Å². The van der Waals surface area contributed by atoms with Crippen LogP contribution in [0.4, 0.5) is 14.5 Å². The Bertz CT molecular complexity index is 559. The summed E-state index contributed by atoms with van der Waals surface area (Å²) >= 11 is 1.37. The number of hydrogen-bond acceptors (Lipinski definition) is 3. The number of hydrogen-bond donors (Lipinski definition) is 0. The molecule has 0 aromatic heterocycles. The van der Waals surface area contributed by atoms with Crippen molar-refractivity contribution in [3.63, 3.8) is 0 Å². The topological polar surface area (TPSA) is 29.5 Å². The molecule has 21 heavy (non-hydrogen) atoms. The first-order valence-electron chi connectivity index (χ1n) is 6.26. The number of nitrogens with zero attached hydrogens (tertiary/aromatic N) is 1. The molecule has 7 heteroatoms. The summed E-state index contributed by atoms with van der Waals surface area (Å²) in [5.74, 6) is 0.282. The molecule has 1 aromatic carbocycles. The molecule has 1 saturated heterocycles. The minimum atomic E-state index is -2.95. The fourth-order valence-electron chi connectivity index (χ4n) is 1.98. The fourth-order valence-corrected chi connectivity index (χ4v) is 2.85. The summed E-state index contributed by atoms with van der Waals surface area (Å²) in [5.41, 5.74) is -0.634. The number of halogens is 2. The third-order valence-corrected chi connectivity index (χ3v) is 3.97. The maximum Gasteiger partial charge on any atom is 0.281 e. The number of ether oxygens (including phenoxy) is 1. The molecule has 1 atom stereocenters. The van der Waals surface area contributed by atoms with E-state index in [9.17, 15) is 13.6 Å². The van der Waals surface area contributed by atoms with Crippen LogP contribution in [0.2, 0.25) is 0 Å². The predicted octanol–water partition coefficient (Wildman–Crippen LogP) is 3.53. The van der Waals surface area contributed by atoms with Crippen molar-refractivity contribution in [2.45, 2.75) is 19.2 Å². The number of alkyl halides is 2. The van der Waals surface area contributed by atoms with E-state index < -0.39 is 12.3 Å². The Morgan fingerprint density at radius 2 is 2.24 bits per heavy atom. The highest BCUT2D eigenvalue weighted by Crippen LogP contribution is 2.35. The number of carbonyl (C=O) groups is 1. The quantitative estimate of drug-likeness (QED) is 0.773. The number of aryl methyl sites for hydroxylation is 1. The SMILES string of the molecule is C=C1SCC(=O)N1c1cc(C)ccc1COCC(F)(F)P. The van der Waals surface area contributed by atoms with Gasteiger partial charge >= 0.3 is 0 Å². The predicted molar refractivity (Wildman–Crippen MR) is 84.6 cm³/mol. The maximum absolute atomic E-state index is 12.8. The summed E-state index contributed by atoms with van der Waals surface area (Å²) in [6.45, 7) is 5.09. The first-order chi connectivity index (χ1) is 9.78. The van der Waals surface area contributed by atoms with Crippen LogP contribution in [0.25, 0.3) is 0 Å². The van der Waals surface area contributed by atoms with Crippen LogP contribution in [0.1, 0.15) is 11.1 Å². The minimum absolute atomic E-state index is 0.0152. The van der Waals surface area contributed by atoms with Crippen LogP contribution in [0.15, 0.2) is 29.8 Å². The molecule has 1 aliphatic heterocycles. The summed E-state index contributed by atoms with van der Waals surface area (Å²) in [6, 6.07) is 5.49. The van der Waals surface area contributed by atoms with Crippen molar-refractivity contribution in [1.82, 2.24) is 0 Å². The maximum atomic E-state index is 12.8. The van der Waals surface area contributed by atoms with Gasteiger partial charge in [0.2, 0.25) is 5.91 Å². The zero-order valence-electron chi connectivity index (χ0n) is 11.6. The van der Waals surface area contributed by atoms with Crippen molar-refractivity contribution in [2.24, 2.45) is 0 Å². The van der Waals surface area contributed by atoms with Crippen molar-refractivity contribution < 1.29 is 18.3 Å². The highest BCUT2D eigenvalue weighted by atomic mass is 32.2. The first-order valence-corrected chi connectivity index (χ1v) is 7.83. The molecule has 0 bridgehead atoms. The van der Waals surface area contributed by atoms with Gasteiger partial charge in [-0.3, -0.25) is 9.69 Å². The monoisotopic (exact) mass is 331 g/mol. The molecule has 1 fully saturated rings. The Kier molecular flexibility index (Phi) is 5.02. The molecular formula is C14H16F2NO2PS. The van der Waals surface area contributed by atoms with Crippen molar-refractivity contribution in [3.05, 3.63) is 40.9 Å². The van der Waals surface area contributed by atoms with E-state index >= 15 is 0 Å². The molecule has 2 rings (SSSR count). The highest BCUT2D eigenvalue weighted by Gasteiger charge is 2.28. The molecule has 1 amide bonds. The minimum Gasteiger partial charge on any atom is -0.370 e. The van der Waals surface area contributed by atoms with Gasteiger partial charge in [-0.2, -0.15) is 8.78 Å². The zero-order valence-corrected chi connectivity index (χ0v) is 13.5. The number of rotatable bonds is 5. The normalized spacial score (nSPS) is 15.9. The summed E-state index contributed by atoms with van der Waals surface area (Å²) in [5, 5.41) is 0.642. The van der Waals surface area contributed by atoms with Gasteiger partial charge in [0.1, 0.15) is 6.61 Å². The van der Waals surface area contributed by atoms with Gasteiger partial charge in [-0.05, 0) is 18.6 Å². The highest BCUT2D eigenvalue weighted by molar-refractivity contribution is 8.04. The number of thioether (sulfide) groups is 1. The molecule has 0 saturated carbocycles. The fraction of sp³-hybridized carbons (Fsp3) is 0.357. The van der Waals surface area contributed by atoms with Crippen molar-refractivity contribution in [2.75, 3.05) is 17.3 Å². The van der Waals surface area contributed by atoms with Crippen molar-refractivity contribution in [3.8, 4) is 0 Å². The molecule has 1 heterocycles. The Morgan fingerprint density at radius 3 is 2.81 bits per heavy atom. The second kappa shape index (κ2) is 6.42. The van der Waals surface area contributed by atoms with E-state index in [0.717, 1.165) is 5.56 Å². The summed E-state index contributed by atoms with van der Waals surface area (Å²) in [7, 11) is 1.44. The van der Waals surface area contributed by atoms with Crippen LogP contribution in [0, 0.1) is 6.92 Å². The van der Waals surface area contributed by atoms with Gasteiger partial charge in [-0.15, -0.1) is 0 Å². The number of benzene rings is 1. The van der Waals surface area contributed by atoms with E-state index in [0.29, 0.717) is 22.0 Å². The van der Waals surface area contributed by atoms with Crippen LogP contribution < -0.4 is 4.90 Å². The molecule has 0 radical (unpaired) electrons. The van der Waals surface area contributed by atoms with Gasteiger partial charge < -0.3 is 4.74 Å². The second-order valence-electron chi connectivity index (χ2n) is 4.80. The van der Waals surface area contributed by atoms with E-state index in [-0.39, 0.29) is 12.5 Å². The van der Waals surface area contributed by atoms with Crippen LogP contribution in [0.3, 0.4) is 0 Å². The Balaban J connectivity index is 2.22. The van der Waals surface area contributed by atoms with Gasteiger partial charge in [0.15, 0.2) is 0 Å². The molecule has 1 aromatic rings. The standard InChI is InChI=1S/C14H16F2NO2PS/c1-9-3-4-11(6-19-8-14(15,16)20)12(5-9)17-10(2)21-7-13(17)18/h3-5H,2,6-8,20H2,1H3. The van der Waals surface area contributed by atoms with Gasteiger partial charge in [0.25, 0.3) is 5.66 Å². The average molecular weight is 331 g/mol. The van der Waals surface area contributed by atoms with Crippen LogP contribution >= 0.6 is 21.0 Å². The van der Waals surface area contributed by atoms with Gasteiger partial charge in [-0.1, -0.05) is 39.7 Å². The summed E-state index contributed by atoms with van der Waals surface area (Å²) in [6.07, 6.45) is 0. The average Bonchev–Trinajstić information content (AvgIpc) is 2.69. The van der Waals surface area contributed by atoms with E-state index in [1.54, 1.807) is 6.07 Å². The summed E-state index contributed by atoms with van der Waals surface area (Å²) < 4.78 is 30.6. The van der Waals surface area contributed by atoms with Gasteiger partial charge in [0, 0.05) is 5.56 Å². The second-order valence-corrected chi connectivity index (χ2v) is 6.69. The van der Waals surface area contributed by atoms with Crippen molar-refractivity contribution in [1.29, 1.82) is 0 Å². The molecule has 114 valence electrons. The Morgan fingerprint density at radius 1 is 1.52 bits per heavy atom. The number of anilines is 1. The van der Waals surface area contributed by atoms with E-state index in [1.807, 2.05) is 19.1 Å². The van der Waals surface area contributed by atoms with Crippen LogP contribution in [-0.4, -0.2) is 23.9 Å². The largest absolute Gasteiger partial charge is 0.370 e. The molecular weight excluding hydrogens is 315 g/mol. The number of amides is 1. The molecule has 1 unspecified atom stereocenters. The zero-order chi connectivity index (χ0) is 15.6. The van der Waals surface area contributed by atoms with E-state index in [1.165, 1.54) is 25.9 Å². The van der Waals surface area contributed by atoms with Crippen LogP contribution in [-0.2, 0) is 16.1 Å². The van der Waals surface area contributed by atoms with Crippen molar-refractivity contribution >= 4 is 32.6 Å². The molecule has 1 aliphatic rings. The third-order valence-electron chi connectivity index (χ3n) is 2.89. The lowest BCUT2D eigenvalue weighted by atomic mass is 10.1. The van der Waals surface area contributed by atoms with Gasteiger partial charge in [0.05, 0.1) is 23.1 Å². The lowest BCUT2D eigenvalue weighted by molar-refractivity contribution is -0.115.